The fourth-order valence-corrected chi connectivity index (χ4v) is 4.19. The van der Waals surface area contributed by atoms with Gasteiger partial charge in [0.1, 0.15) is 11.9 Å². The summed E-state index contributed by atoms with van der Waals surface area (Å²) in [4.78, 5) is 24.1. The molecule has 7 nitrogen and oxygen atoms in total. The highest BCUT2D eigenvalue weighted by Gasteiger charge is 2.18. The highest BCUT2D eigenvalue weighted by molar-refractivity contribution is 5.89. The maximum Gasteiger partial charge on any atom is 0.328 e. The zero-order valence-corrected chi connectivity index (χ0v) is 22.3. The number of aliphatic carboxylic acids is 2. The van der Waals surface area contributed by atoms with E-state index < -0.39 is 11.9 Å². The average Bonchev–Trinajstić information content (AvgIpc) is 2.97. The minimum atomic E-state index is -1.26. The topological polar surface area (TPSA) is 90.3 Å². The number of nitrogens with zero attached hydrogens (tertiary/aromatic N) is 2. The number of rotatable bonds is 11. The molecule has 0 amide bonds. The fraction of sp³-hybridized carbons (Fsp3) is 0.250. The molecular weight excluding hydrogens is 511 g/mol. The number of benzene rings is 3. The number of piperazine rings is 1. The minimum Gasteiger partial charge on any atom is -0.478 e. The van der Waals surface area contributed by atoms with Crippen molar-refractivity contribution in [3.63, 3.8) is 0 Å². The monoisotopic (exact) mass is 546 g/mol. The van der Waals surface area contributed by atoms with Crippen molar-refractivity contribution in [1.82, 2.24) is 9.80 Å². The largest absolute Gasteiger partial charge is 0.478 e. The van der Waals surface area contributed by atoms with Crippen LogP contribution in [0.1, 0.15) is 22.8 Å². The second kappa shape index (κ2) is 16.8. The van der Waals surface area contributed by atoms with E-state index in [2.05, 4.69) is 58.4 Å². The molecule has 210 valence electrons. The predicted molar refractivity (Wildman–Crippen MR) is 153 cm³/mol. The van der Waals surface area contributed by atoms with E-state index >= 15 is 0 Å². The molecule has 1 unspecified atom stereocenters. The third-order valence-electron chi connectivity index (χ3n) is 6.27. The van der Waals surface area contributed by atoms with E-state index in [0.29, 0.717) is 18.8 Å². The van der Waals surface area contributed by atoms with Gasteiger partial charge < -0.3 is 14.9 Å². The van der Waals surface area contributed by atoms with Crippen molar-refractivity contribution in [2.45, 2.75) is 6.10 Å². The van der Waals surface area contributed by atoms with E-state index in [1.165, 1.54) is 17.7 Å². The Kier molecular flexibility index (Phi) is 12.8. The summed E-state index contributed by atoms with van der Waals surface area (Å²) in [5.41, 5.74) is 3.32. The van der Waals surface area contributed by atoms with Gasteiger partial charge in [-0.1, -0.05) is 84.9 Å². The van der Waals surface area contributed by atoms with Crippen LogP contribution in [0.3, 0.4) is 0 Å². The van der Waals surface area contributed by atoms with E-state index in [9.17, 15) is 14.0 Å². The summed E-state index contributed by atoms with van der Waals surface area (Å²) in [6.07, 6.45) is 5.38. The van der Waals surface area contributed by atoms with Crippen LogP contribution in [0.2, 0.25) is 0 Å². The van der Waals surface area contributed by atoms with E-state index in [0.717, 1.165) is 50.4 Å². The van der Waals surface area contributed by atoms with Crippen molar-refractivity contribution < 1.29 is 28.9 Å². The van der Waals surface area contributed by atoms with E-state index in [1.807, 2.05) is 36.4 Å². The fourth-order valence-electron chi connectivity index (χ4n) is 4.19. The standard InChI is InChI=1S/C28H31FN2O.C4H4O4/c29-27-15-13-26(14-16-27)28(25-11-5-2-6-12-25)32-23-22-31-20-18-30(19-21-31)17-7-10-24-8-3-1-4-9-24;5-3(6)1-2-4(7)8/h1-16,28H,17-23H2;1-2H,(H,5,6)(H,7,8). The first-order valence-corrected chi connectivity index (χ1v) is 13.1. The Morgan fingerprint density at radius 2 is 1.30 bits per heavy atom. The van der Waals surface area contributed by atoms with Gasteiger partial charge in [0, 0.05) is 51.4 Å². The number of hydrogen-bond donors (Lipinski definition) is 2. The van der Waals surface area contributed by atoms with Crippen LogP contribution in [0.15, 0.2) is 103 Å². The second-order valence-electron chi connectivity index (χ2n) is 9.18. The third kappa shape index (κ3) is 11.3. The first-order chi connectivity index (χ1) is 19.4. The number of halogens is 1. The highest BCUT2D eigenvalue weighted by Crippen LogP contribution is 2.26. The summed E-state index contributed by atoms with van der Waals surface area (Å²) in [5, 5.41) is 15.6. The van der Waals surface area contributed by atoms with Gasteiger partial charge in [0.25, 0.3) is 0 Å². The summed E-state index contributed by atoms with van der Waals surface area (Å²) in [6, 6.07) is 27.2. The van der Waals surface area contributed by atoms with Gasteiger partial charge in [0.2, 0.25) is 0 Å². The van der Waals surface area contributed by atoms with Gasteiger partial charge in [-0.05, 0) is 28.8 Å². The van der Waals surface area contributed by atoms with Crippen molar-refractivity contribution >= 4 is 18.0 Å². The lowest BCUT2D eigenvalue weighted by atomic mass is 10.0. The molecule has 0 bridgehead atoms. The minimum absolute atomic E-state index is 0.179. The molecule has 1 saturated heterocycles. The van der Waals surface area contributed by atoms with E-state index in [1.54, 1.807) is 0 Å². The maximum absolute atomic E-state index is 13.4. The van der Waals surface area contributed by atoms with Crippen molar-refractivity contribution in [2.24, 2.45) is 0 Å². The lowest BCUT2D eigenvalue weighted by Crippen LogP contribution is -2.47. The summed E-state index contributed by atoms with van der Waals surface area (Å²) in [7, 11) is 0. The van der Waals surface area contributed by atoms with E-state index in [4.69, 9.17) is 14.9 Å². The van der Waals surface area contributed by atoms with Gasteiger partial charge in [-0.2, -0.15) is 0 Å². The Labute approximate surface area is 234 Å². The average molecular weight is 547 g/mol. The number of carboxylic acid groups (broad SMARTS) is 2. The molecule has 0 aliphatic carbocycles. The summed E-state index contributed by atoms with van der Waals surface area (Å²) in [5.74, 6) is -2.74. The Hall–Kier alpha value is -4.11. The first-order valence-electron chi connectivity index (χ1n) is 13.1. The highest BCUT2D eigenvalue weighted by atomic mass is 19.1. The molecule has 0 spiro atoms. The van der Waals surface area contributed by atoms with Crippen LogP contribution in [-0.2, 0) is 14.3 Å². The summed E-state index contributed by atoms with van der Waals surface area (Å²) < 4.78 is 19.7. The molecular formula is C32H35FN2O5. The van der Waals surface area contributed by atoms with Crippen molar-refractivity contribution in [3.8, 4) is 0 Å². The van der Waals surface area contributed by atoms with Crippen LogP contribution in [-0.4, -0.2) is 77.8 Å². The van der Waals surface area contributed by atoms with Crippen molar-refractivity contribution in [1.29, 1.82) is 0 Å². The molecule has 1 aliphatic rings. The van der Waals surface area contributed by atoms with Gasteiger partial charge in [0.15, 0.2) is 0 Å². The van der Waals surface area contributed by atoms with Gasteiger partial charge in [-0.25, -0.2) is 14.0 Å². The van der Waals surface area contributed by atoms with Crippen LogP contribution in [0.4, 0.5) is 4.39 Å². The molecule has 0 radical (unpaired) electrons. The van der Waals surface area contributed by atoms with E-state index in [-0.39, 0.29) is 11.9 Å². The number of carbonyl (C=O) groups is 2. The number of carboxylic acids is 2. The van der Waals surface area contributed by atoms with Crippen LogP contribution < -0.4 is 0 Å². The molecule has 0 saturated carbocycles. The molecule has 1 atom stereocenters. The molecule has 0 aromatic heterocycles. The molecule has 40 heavy (non-hydrogen) atoms. The lowest BCUT2D eigenvalue weighted by molar-refractivity contribution is -0.134. The van der Waals surface area contributed by atoms with Crippen LogP contribution in [0.5, 0.6) is 0 Å². The Morgan fingerprint density at radius 3 is 1.88 bits per heavy atom. The van der Waals surface area contributed by atoms with Gasteiger partial charge in [0.05, 0.1) is 6.61 Å². The molecule has 1 aliphatic heterocycles. The molecule has 2 N–H and O–H groups in total. The normalized spacial score (nSPS) is 15.0. The maximum atomic E-state index is 13.4. The van der Waals surface area contributed by atoms with Gasteiger partial charge in [-0.15, -0.1) is 0 Å². The molecule has 3 aromatic carbocycles. The molecule has 4 rings (SSSR count). The lowest BCUT2D eigenvalue weighted by Gasteiger charge is -2.34. The zero-order valence-electron chi connectivity index (χ0n) is 22.3. The van der Waals surface area contributed by atoms with Crippen molar-refractivity contribution in [3.05, 3.63) is 126 Å². The smallest absolute Gasteiger partial charge is 0.328 e. The zero-order chi connectivity index (χ0) is 28.6. The van der Waals surface area contributed by atoms with Gasteiger partial charge in [-0.3, -0.25) is 9.80 Å². The summed E-state index contributed by atoms with van der Waals surface area (Å²) >= 11 is 0. The number of hydrogen-bond acceptors (Lipinski definition) is 5. The molecule has 1 fully saturated rings. The molecule has 3 aromatic rings. The second-order valence-corrected chi connectivity index (χ2v) is 9.18. The molecule has 1 heterocycles. The first kappa shape index (κ1) is 30.4. The quantitative estimate of drug-likeness (QED) is 0.328. The Bertz CT molecular complexity index is 1210. The third-order valence-corrected chi connectivity index (χ3v) is 6.27. The number of ether oxygens (including phenoxy) is 1. The Morgan fingerprint density at radius 1 is 0.775 bits per heavy atom. The van der Waals surface area contributed by atoms with Crippen LogP contribution in [0.25, 0.3) is 6.08 Å². The Balaban J connectivity index is 0.000000482. The molecule has 8 heteroatoms. The van der Waals surface area contributed by atoms with Gasteiger partial charge >= 0.3 is 11.9 Å². The van der Waals surface area contributed by atoms with Crippen LogP contribution >= 0.6 is 0 Å². The SMILES string of the molecule is Fc1ccc(C(OCCN2CCN(CC=Cc3ccccc3)CC2)c2ccccc2)cc1.O=C(O)C=CC(=O)O. The van der Waals surface area contributed by atoms with Crippen LogP contribution in [0, 0.1) is 5.82 Å². The summed E-state index contributed by atoms with van der Waals surface area (Å²) in [6.45, 7) is 6.77. The predicted octanol–water partition coefficient (Wildman–Crippen LogP) is 4.97. The van der Waals surface area contributed by atoms with Crippen molar-refractivity contribution in [2.75, 3.05) is 45.9 Å².